The normalized spacial score (nSPS) is 19.0. The average molecular weight is 347 g/mol. The van der Waals surface area contributed by atoms with Crippen molar-refractivity contribution in [3.8, 4) is 0 Å². The first-order valence-corrected chi connectivity index (χ1v) is 9.20. The van der Waals surface area contributed by atoms with Gasteiger partial charge in [-0.15, -0.1) is 11.3 Å². The van der Waals surface area contributed by atoms with Gasteiger partial charge in [-0.25, -0.2) is 9.97 Å². The Morgan fingerprint density at radius 1 is 1.46 bits per heavy atom. The summed E-state index contributed by atoms with van der Waals surface area (Å²) in [5.74, 6) is 1.72. The molecule has 2 atom stereocenters. The third-order valence-corrected chi connectivity index (χ3v) is 5.48. The number of rotatable bonds is 7. The fourth-order valence-corrected chi connectivity index (χ4v) is 4.07. The molecule has 0 saturated carbocycles. The van der Waals surface area contributed by atoms with E-state index in [0.717, 1.165) is 37.6 Å². The number of hydrogen-bond acceptors (Lipinski definition) is 7. The van der Waals surface area contributed by atoms with Crippen molar-refractivity contribution in [1.29, 1.82) is 0 Å². The van der Waals surface area contributed by atoms with Crippen LogP contribution in [0.2, 0.25) is 0 Å². The van der Waals surface area contributed by atoms with E-state index in [1.54, 1.807) is 17.7 Å². The van der Waals surface area contributed by atoms with Gasteiger partial charge in [0.1, 0.15) is 18.0 Å². The van der Waals surface area contributed by atoms with Crippen molar-refractivity contribution in [2.24, 2.45) is 0 Å². The summed E-state index contributed by atoms with van der Waals surface area (Å²) in [6.07, 6.45) is 3.71. The first-order chi connectivity index (χ1) is 11.7. The summed E-state index contributed by atoms with van der Waals surface area (Å²) in [6.45, 7) is 1.90. The number of thiophene rings is 1. The summed E-state index contributed by atoms with van der Waals surface area (Å²) in [4.78, 5) is 14.5. The number of nitrogens with zero attached hydrogens (tertiary/aromatic N) is 4. The predicted octanol–water partition coefficient (Wildman–Crippen LogP) is 2.21. The molecule has 3 heterocycles. The molecule has 2 aromatic heterocycles. The van der Waals surface area contributed by atoms with Crippen LogP contribution in [0, 0.1) is 0 Å². The average Bonchev–Trinajstić information content (AvgIpc) is 3.26. The first kappa shape index (κ1) is 17.1. The van der Waals surface area contributed by atoms with Crippen LogP contribution >= 0.6 is 11.3 Å². The zero-order chi connectivity index (χ0) is 16.9. The Bertz CT molecular complexity index is 634. The summed E-state index contributed by atoms with van der Waals surface area (Å²) in [5, 5.41) is 15.0. The molecule has 6 nitrogen and oxygen atoms in total. The zero-order valence-electron chi connectivity index (χ0n) is 14.2. The maximum absolute atomic E-state index is 9.50. The molecule has 130 valence electrons. The van der Waals surface area contributed by atoms with Crippen molar-refractivity contribution >= 4 is 23.0 Å². The third kappa shape index (κ3) is 3.85. The van der Waals surface area contributed by atoms with Crippen LogP contribution in [0.1, 0.15) is 23.8 Å². The molecule has 1 fully saturated rings. The van der Waals surface area contributed by atoms with Gasteiger partial charge in [-0.3, -0.25) is 0 Å². The summed E-state index contributed by atoms with van der Waals surface area (Å²) < 4.78 is 0. The molecule has 0 aliphatic carbocycles. The van der Waals surface area contributed by atoms with Crippen LogP contribution in [-0.4, -0.2) is 59.8 Å². The molecule has 0 aromatic carbocycles. The standard InChI is InChI=1S/C17H25N5OS/c1-21(2)14(15-6-4-8-24-15)10-18-16-9-17(20-12-19-16)22-7-3-5-13(22)11-23/h4,6,8-9,12-14,23H,3,5,7,10-11H2,1-2H3,(H,18,19,20)/t13-,14-/m1/s1. The minimum absolute atomic E-state index is 0.174. The Hall–Kier alpha value is -1.70. The highest BCUT2D eigenvalue weighted by Crippen LogP contribution is 2.26. The molecule has 0 amide bonds. The quantitative estimate of drug-likeness (QED) is 0.801. The second-order valence-corrected chi connectivity index (χ2v) is 7.29. The molecule has 1 aliphatic rings. The van der Waals surface area contributed by atoms with Crippen molar-refractivity contribution in [1.82, 2.24) is 14.9 Å². The van der Waals surface area contributed by atoms with Crippen LogP contribution in [0.4, 0.5) is 11.6 Å². The van der Waals surface area contributed by atoms with Gasteiger partial charge in [0.25, 0.3) is 0 Å². The van der Waals surface area contributed by atoms with E-state index in [1.165, 1.54) is 4.88 Å². The Balaban J connectivity index is 1.68. The molecular weight excluding hydrogens is 322 g/mol. The zero-order valence-corrected chi connectivity index (χ0v) is 15.0. The Labute approximate surface area is 147 Å². The highest BCUT2D eigenvalue weighted by Gasteiger charge is 2.25. The third-order valence-electron chi connectivity index (χ3n) is 4.51. The molecule has 2 N–H and O–H groups in total. The van der Waals surface area contributed by atoms with E-state index < -0.39 is 0 Å². The lowest BCUT2D eigenvalue weighted by molar-refractivity contribution is 0.266. The summed E-state index contributed by atoms with van der Waals surface area (Å²) in [7, 11) is 4.18. The van der Waals surface area contributed by atoms with E-state index in [2.05, 4.69) is 56.7 Å². The van der Waals surface area contributed by atoms with E-state index >= 15 is 0 Å². The molecule has 1 aliphatic heterocycles. The number of nitrogens with one attached hydrogen (secondary N) is 1. The minimum Gasteiger partial charge on any atom is -0.394 e. The van der Waals surface area contributed by atoms with Gasteiger partial charge in [0.2, 0.25) is 0 Å². The molecule has 0 radical (unpaired) electrons. The highest BCUT2D eigenvalue weighted by atomic mass is 32.1. The number of anilines is 2. The molecule has 7 heteroatoms. The predicted molar refractivity (Wildman–Crippen MR) is 98.7 cm³/mol. The van der Waals surface area contributed by atoms with Gasteiger partial charge in [-0.05, 0) is 38.4 Å². The topological polar surface area (TPSA) is 64.5 Å². The van der Waals surface area contributed by atoms with Gasteiger partial charge in [0.15, 0.2) is 0 Å². The highest BCUT2D eigenvalue weighted by molar-refractivity contribution is 7.10. The molecule has 2 aromatic rings. The summed E-state index contributed by atoms with van der Waals surface area (Å²) >= 11 is 1.77. The Morgan fingerprint density at radius 2 is 2.33 bits per heavy atom. The second kappa shape index (κ2) is 7.92. The van der Waals surface area contributed by atoms with Gasteiger partial charge < -0.3 is 20.2 Å². The second-order valence-electron chi connectivity index (χ2n) is 6.31. The fourth-order valence-electron chi connectivity index (χ4n) is 3.15. The molecule has 24 heavy (non-hydrogen) atoms. The lowest BCUT2D eigenvalue weighted by Gasteiger charge is -2.25. The van der Waals surface area contributed by atoms with Crippen molar-refractivity contribution in [3.05, 3.63) is 34.8 Å². The minimum atomic E-state index is 0.174. The van der Waals surface area contributed by atoms with Crippen LogP contribution in [-0.2, 0) is 0 Å². The number of likely N-dealkylation sites (N-methyl/N-ethyl adjacent to an activating group) is 1. The van der Waals surface area contributed by atoms with Gasteiger partial charge >= 0.3 is 0 Å². The van der Waals surface area contributed by atoms with Gasteiger partial charge in [0, 0.05) is 24.0 Å². The maximum Gasteiger partial charge on any atom is 0.134 e. The van der Waals surface area contributed by atoms with Gasteiger partial charge in [-0.1, -0.05) is 6.07 Å². The van der Waals surface area contributed by atoms with E-state index in [4.69, 9.17) is 0 Å². The number of aromatic nitrogens is 2. The lowest BCUT2D eigenvalue weighted by atomic mass is 10.2. The van der Waals surface area contributed by atoms with E-state index in [9.17, 15) is 5.11 Å². The largest absolute Gasteiger partial charge is 0.394 e. The SMILES string of the molecule is CN(C)[C@H](CNc1cc(N2CCC[C@@H]2CO)ncn1)c1cccs1. The van der Waals surface area contributed by atoms with E-state index in [-0.39, 0.29) is 12.6 Å². The van der Waals surface area contributed by atoms with Crippen LogP contribution in [0.5, 0.6) is 0 Å². The Morgan fingerprint density at radius 3 is 3.04 bits per heavy atom. The lowest BCUT2D eigenvalue weighted by Crippen LogP contribution is -2.32. The monoisotopic (exact) mass is 347 g/mol. The van der Waals surface area contributed by atoms with Crippen LogP contribution < -0.4 is 10.2 Å². The van der Waals surface area contributed by atoms with Gasteiger partial charge in [-0.2, -0.15) is 0 Å². The molecule has 3 rings (SSSR count). The van der Waals surface area contributed by atoms with Crippen LogP contribution in [0.25, 0.3) is 0 Å². The van der Waals surface area contributed by atoms with Crippen LogP contribution in [0.15, 0.2) is 29.9 Å². The number of aliphatic hydroxyl groups excluding tert-OH is 1. The summed E-state index contributed by atoms with van der Waals surface area (Å²) in [6, 6.07) is 6.71. The smallest absolute Gasteiger partial charge is 0.134 e. The Kier molecular flexibility index (Phi) is 5.65. The molecule has 0 spiro atoms. The summed E-state index contributed by atoms with van der Waals surface area (Å²) in [5.41, 5.74) is 0. The van der Waals surface area contributed by atoms with Crippen molar-refractivity contribution in [3.63, 3.8) is 0 Å². The fraction of sp³-hybridized carbons (Fsp3) is 0.529. The number of hydrogen-bond donors (Lipinski definition) is 2. The van der Waals surface area contributed by atoms with Crippen molar-refractivity contribution in [2.75, 3.05) is 44.0 Å². The van der Waals surface area contributed by atoms with E-state index in [0.29, 0.717) is 6.04 Å². The van der Waals surface area contributed by atoms with Gasteiger partial charge in [0.05, 0.1) is 18.7 Å². The van der Waals surface area contributed by atoms with E-state index in [1.807, 2.05) is 6.07 Å². The first-order valence-electron chi connectivity index (χ1n) is 8.32. The molecule has 0 bridgehead atoms. The van der Waals surface area contributed by atoms with Crippen molar-refractivity contribution in [2.45, 2.75) is 24.9 Å². The molecular formula is C17H25N5OS. The van der Waals surface area contributed by atoms with Crippen LogP contribution in [0.3, 0.4) is 0 Å². The number of aliphatic hydroxyl groups is 1. The molecule has 0 unspecified atom stereocenters. The maximum atomic E-state index is 9.50. The molecule has 1 saturated heterocycles. The van der Waals surface area contributed by atoms with Crippen molar-refractivity contribution < 1.29 is 5.11 Å².